The molecule has 1 aliphatic carbocycles. The maximum atomic E-state index is 13.0. The minimum atomic E-state index is -0.415. The van der Waals surface area contributed by atoms with Gasteiger partial charge in [0.1, 0.15) is 28.8 Å². The lowest BCUT2D eigenvalue weighted by Crippen LogP contribution is -2.48. The van der Waals surface area contributed by atoms with Gasteiger partial charge in [-0.15, -0.1) is 0 Å². The molecule has 0 radical (unpaired) electrons. The Kier molecular flexibility index (Phi) is 6.73. The summed E-state index contributed by atoms with van der Waals surface area (Å²) in [7, 11) is 0. The number of aromatic nitrogens is 2. The third-order valence-corrected chi connectivity index (χ3v) is 5.70. The molecule has 1 fully saturated rings. The van der Waals surface area contributed by atoms with Gasteiger partial charge in [-0.3, -0.25) is 14.0 Å². The summed E-state index contributed by atoms with van der Waals surface area (Å²) in [6.45, 7) is 4.64. The van der Waals surface area contributed by atoms with E-state index in [1.807, 2.05) is 37.3 Å². The standard InChI is InChI=1S/C25H29N3O4/c1-3-14-31-18-9-11-19(12-10-18)32-22-7-5-4-6-21(22)27-24(29)20-15-26-23-13-8-17(2)16-28(23)25(20)30/h8-13,15-16,21-22H,3-7,14H2,1-2H3,(H,27,29)/t21-,22+/m1/s1. The molecule has 7 heteroatoms. The third-order valence-electron chi connectivity index (χ3n) is 5.70. The number of ether oxygens (including phenoxy) is 2. The first-order valence-electron chi connectivity index (χ1n) is 11.2. The molecule has 0 bridgehead atoms. The normalized spacial score (nSPS) is 18.3. The van der Waals surface area contributed by atoms with E-state index in [9.17, 15) is 9.59 Å². The topological polar surface area (TPSA) is 81.9 Å². The zero-order valence-electron chi connectivity index (χ0n) is 18.5. The first-order valence-corrected chi connectivity index (χ1v) is 11.2. The van der Waals surface area contributed by atoms with Crippen LogP contribution in [-0.2, 0) is 0 Å². The fraction of sp³-hybridized carbons (Fsp3) is 0.400. The minimum absolute atomic E-state index is 0.0369. The van der Waals surface area contributed by atoms with Crippen LogP contribution in [0.2, 0.25) is 0 Å². The summed E-state index contributed by atoms with van der Waals surface area (Å²) in [6, 6.07) is 11.0. The molecule has 2 heterocycles. The van der Waals surface area contributed by atoms with Crippen LogP contribution in [0.15, 0.2) is 53.6 Å². The third kappa shape index (κ3) is 4.93. The number of hydrogen-bond acceptors (Lipinski definition) is 5. The summed E-state index contributed by atoms with van der Waals surface area (Å²) in [5, 5.41) is 3.02. The monoisotopic (exact) mass is 435 g/mol. The second-order valence-corrected chi connectivity index (χ2v) is 8.25. The van der Waals surface area contributed by atoms with Gasteiger partial charge in [0.15, 0.2) is 0 Å². The van der Waals surface area contributed by atoms with Crippen molar-refractivity contribution in [2.75, 3.05) is 6.61 Å². The van der Waals surface area contributed by atoms with Gasteiger partial charge in [0.2, 0.25) is 0 Å². The molecule has 4 rings (SSSR count). The first kappa shape index (κ1) is 21.9. The van der Waals surface area contributed by atoms with Crippen LogP contribution in [0.3, 0.4) is 0 Å². The van der Waals surface area contributed by atoms with Gasteiger partial charge in [-0.2, -0.15) is 0 Å². The average Bonchev–Trinajstić information content (AvgIpc) is 2.80. The number of aryl methyl sites for hydroxylation is 1. The van der Waals surface area contributed by atoms with Gasteiger partial charge in [0, 0.05) is 12.4 Å². The first-order chi connectivity index (χ1) is 15.5. The van der Waals surface area contributed by atoms with Crippen LogP contribution in [0.4, 0.5) is 0 Å². The van der Waals surface area contributed by atoms with Crippen molar-refractivity contribution >= 4 is 11.6 Å². The summed E-state index contributed by atoms with van der Waals surface area (Å²) >= 11 is 0. The highest BCUT2D eigenvalue weighted by atomic mass is 16.5. The molecule has 1 saturated carbocycles. The summed E-state index contributed by atoms with van der Waals surface area (Å²) in [4.78, 5) is 30.1. The highest BCUT2D eigenvalue weighted by molar-refractivity contribution is 5.94. The van der Waals surface area contributed by atoms with Crippen LogP contribution >= 0.6 is 0 Å². The molecule has 2 aromatic heterocycles. The average molecular weight is 436 g/mol. The van der Waals surface area contributed by atoms with Crippen LogP contribution in [0.5, 0.6) is 11.5 Å². The molecule has 2 atom stereocenters. The number of nitrogens with zero attached hydrogens (tertiary/aromatic N) is 2. The molecule has 7 nitrogen and oxygen atoms in total. The van der Waals surface area contributed by atoms with E-state index in [0.29, 0.717) is 12.3 Å². The van der Waals surface area contributed by atoms with Gasteiger partial charge in [0.05, 0.1) is 12.6 Å². The Morgan fingerprint density at radius 2 is 1.88 bits per heavy atom. The van der Waals surface area contributed by atoms with E-state index < -0.39 is 5.91 Å². The summed E-state index contributed by atoms with van der Waals surface area (Å²) in [6.07, 6.45) is 7.53. The highest BCUT2D eigenvalue weighted by Crippen LogP contribution is 2.26. The number of amides is 1. The molecule has 0 aliphatic heterocycles. The Hall–Kier alpha value is -3.35. The van der Waals surface area contributed by atoms with Crippen molar-refractivity contribution in [2.24, 2.45) is 0 Å². The van der Waals surface area contributed by atoms with Gasteiger partial charge < -0.3 is 14.8 Å². The number of benzene rings is 1. The van der Waals surface area contributed by atoms with Crippen LogP contribution < -0.4 is 20.3 Å². The highest BCUT2D eigenvalue weighted by Gasteiger charge is 2.29. The zero-order chi connectivity index (χ0) is 22.5. The summed E-state index contributed by atoms with van der Waals surface area (Å²) < 4.78 is 13.3. The Bertz CT molecular complexity index is 1140. The molecule has 1 N–H and O–H groups in total. The Morgan fingerprint density at radius 1 is 1.12 bits per heavy atom. The number of carbonyl (C=O) groups is 1. The summed E-state index contributed by atoms with van der Waals surface area (Å²) in [5.74, 6) is 1.14. The molecule has 32 heavy (non-hydrogen) atoms. The van der Waals surface area contributed by atoms with Crippen molar-refractivity contribution in [1.29, 1.82) is 0 Å². The number of pyridine rings is 1. The van der Waals surface area contributed by atoms with Gasteiger partial charge in [-0.05, 0) is 68.5 Å². The second kappa shape index (κ2) is 9.85. The molecule has 0 spiro atoms. The van der Waals surface area contributed by atoms with Crippen molar-refractivity contribution < 1.29 is 14.3 Å². The Balaban J connectivity index is 1.47. The van der Waals surface area contributed by atoms with Crippen LogP contribution in [0.25, 0.3) is 5.65 Å². The lowest BCUT2D eigenvalue weighted by molar-refractivity contribution is 0.0796. The van der Waals surface area contributed by atoms with Gasteiger partial charge in [-0.1, -0.05) is 19.4 Å². The Labute approximate surface area is 187 Å². The van der Waals surface area contributed by atoms with Gasteiger partial charge in [0.25, 0.3) is 11.5 Å². The molecule has 3 aromatic rings. The van der Waals surface area contributed by atoms with Crippen LogP contribution in [-0.4, -0.2) is 34.0 Å². The zero-order valence-corrected chi connectivity index (χ0v) is 18.5. The van der Waals surface area contributed by atoms with Crippen LogP contribution in [0.1, 0.15) is 54.9 Å². The van der Waals surface area contributed by atoms with Crippen molar-refractivity contribution in [1.82, 2.24) is 14.7 Å². The predicted octanol–water partition coefficient (Wildman–Crippen LogP) is 3.91. The number of nitrogens with one attached hydrogen (secondary N) is 1. The van der Waals surface area contributed by atoms with E-state index in [4.69, 9.17) is 9.47 Å². The minimum Gasteiger partial charge on any atom is -0.494 e. The molecule has 168 valence electrons. The van der Waals surface area contributed by atoms with Crippen molar-refractivity contribution in [3.05, 3.63) is 70.3 Å². The maximum Gasteiger partial charge on any atom is 0.270 e. The molecule has 0 saturated heterocycles. The largest absolute Gasteiger partial charge is 0.494 e. The smallest absolute Gasteiger partial charge is 0.270 e. The van der Waals surface area contributed by atoms with Crippen LogP contribution in [0, 0.1) is 6.92 Å². The van der Waals surface area contributed by atoms with E-state index in [-0.39, 0.29) is 23.3 Å². The quantitative estimate of drug-likeness (QED) is 0.608. The molecular formula is C25H29N3O4. The van der Waals surface area contributed by atoms with E-state index >= 15 is 0 Å². The van der Waals surface area contributed by atoms with Crippen molar-refractivity contribution in [3.8, 4) is 11.5 Å². The second-order valence-electron chi connectivity index (χ2n) is 8.25. The molecule has 1 aromatic carbocycles. The van der Waals surface area contributed by atoms with Gasteiger partial charge >= 0.3 is 0 Å². The lowest BCUT2D eigenvalue weighted by Gasteiger charge is -2.32. The van der Waals surface area contributed by atoms with E-state index in [2.05, 4.69) is 17.2 Å². The maximum absolute atomic E-state index is 13.0. The number of hydrogen-bond donors (Lipinski definition) is 1. The Morgan fingerprint density at radius 3 is 2.66 bits per heavy atom. The molecule has 0 unspecified atom stereocenters. The van der Waals surface area contributed by atoms with E-state index in [0.717, 1.165) is 49.2 Å². The molecule has 1 amide bonds. The van der Waals surface area contributed by atoms with Gasteiger partial charge in [-0.25, -0.2) is 4.98 Å². The fourth-order valence-corrected chi connectivity index (χ4v) is 4.00. The molecular weight excluding hydrogens is 406 g/mol. The predicted molar refractivity (Wildman–Crippen MR) is 123 cm³/mol. The SMILES string of the molecule is CCCOc1ccc(O[C@H]2CCCC[C@H]2NC(=O)c2cnc3ccc(C)cn3c2=O)cc1. The lowest BCUT2D eigenvalue weighted by atomic mass is 9.92. The van der Waals surface area contributed by atoms with Crippen molar-refractivity contribution in [2.45, 2.75) is 58.1 Å². The molecule has 1 aliphatic rings. The number of rotatable bonds is 7. The number of fused-ring (bicyclic) bond motifs is 1. The fourth-order valence-electron chi connectivity index (χ4n) is 4.00. The van der Waals surface area contributed by atoms with E-state index in [1.165, 1.54) is 10.6 Å². The summed E-state index contributed by atoms with van der Waals surface area (Å²) in [5.41, 5.74) is 1.11. The number of carbonyl (C=O) groups excluding carboxylic acids is 1. The van der Waals surface area contributed by atoms with Crippen molar-refractivity contribution in [3.63, 3.8) is 0 Å². The van der Waals surface area contributed by atoms with E-state index in [1.54, 1.807) is 12.3 Å².